The average molecular weight is 278 g/mol. The molecule has 2 amide bonds. The Morgan fingerprint density at radius 2 is 1.95 bits per heavy atom. The van der Waals surface area contributed by atoms with Gasteiger partial charge in [-0.3, -0.25) is 4.79 Å². The number of urea groups is 1. The van der Waals surface area contributed by atoms with Gasteiger partial charge in [0.15, 0.2) is 0 Å². The van der Waals surface area contributed by atoms with E-state index in [2.05, 4.69) is 5.32 Å². The second-order valence-electron chi connectivity index (χ2n) is 5.35. The van der Waals surface area contributed by atoms with Crippen LogP contribution in [0.3, 0.4) is 0 Å². The molecule has 0 fully saturated rings. The number of nitrogens with zero attached hydrogens (tertiary/aromatic N) is 1. The van der Waals surface area contributed by atoms with Crippen LogP contribution >= 0.6 is 0 Å². The molecule has 1 rings (SSSR count). The summed E-state index contributed by atoms with van der Waals surface area (Å²) < 4.78 is 0. The Balaban J connectivity index is 2.84. The second-order valence-corrected chi connectivity index (χ2v) is 5.35. The molecule has 5 nitrogen and oxygen atoms in total. The first kappa shape index (κ1) is 16.0. The fraction of sp³-hybridized carbons (Fsp3) is 0.467. The Hall–Kier alpha value is -2.04. The number of carbonyl (C=O) groups is 2. The van der Waals surface area contributed by atoms with E-state index < -0.39 is 5.97 Å². The minimum absolute atomic E-state index is 0.207. The molecule has 110 valence electrons. The van der Waals surface area contributed by atoms with Crippen LogP contribution in [0.5, 0.6) is 0 Å². The zero-order valence-electron chi connectivity index (χ0n) is 12.4. The molecule has 2 N–H and O–H groups in total. The molecule has 0 radical (unpaired) electrons. The predicted molar refractivity (Wildman–Crippen MR) is 79.0 cm³/mol. The number of hydrogen-bond donors (Lipinski definition) is 2. The molecule has 1 aromatic rings. The minimum atomic E-state index is -1.01. The zero-order chi connectivity index (χ0) is 15.3. The molecule has 0 heterocycles. The van der Waals surface area contributed by atoms with E-state index in [0.717, 1.165) is 11.1 Å². The molecule has 1 aromatic carbocycles. The molecule has 0 aliphatic rings. The summed E-state index contributed by atoms with van der Waals surface area (Å²) in [7, 11) is 0. The maximum atomic E-state index is 12.2. The molecule has 0 spiro atoms. The van der Waals surface area contributed by atoms with Crippen molar-refractivity contribution >= 4 is 17.7 Å². The van der Waals surface area contributed by atoms with E-state index in [1.54, 1.807) is 0 Å². The largest absolute Gasteiger partial charge is 0.480 e. The molecule has 0 aliphatic heterocycles. The molecule has 0 saturated carbocycles. The number of hydrogen-bond acceptors (Lipinski definition) is 2. The summed E-state index contributed by atoms with van der Waals surface area (Å²) in [5.74, 6) is -0.805. The Morgan fingerprint density at radius 3 is 2.50 bits per heavy atom. The fourth-order valence-corrected chi connectivity index (χ4v) is 1.90. The maximum absolute atomic E-state index is 12.2. The Bertz CT molecular complexity index is 498. The summed E-state index contributed by atoms with van der Waals surface area (Å²) >= 11 is 0. The Labute approximate surface area is 119 Å². The number of carboxylic acid groups (broad SMARTS) is 1. The summed E-state index contributed by atoms with van der Waals surface area (Å²) in [6.07, 6.45) is 0. The molecular weight excluding hydrogens is 256 g/mol. The summed E-state index contributed by atoms with van der Waals surface area (Å²) in [6, 6.07) is 5.26. The van der Waals surface area contributed by atoms with Crippen molar-refractivity contribution in [3.63, 3.8) is 0 Å². The van der Waals surface area contributed by atoms with Gasteiger partial charge in [-0.25, -0.2) is 4.79 Å². The number of carboxylic acids is 1. The van der Waals surface area contributed by atoms with E-state index in [9.17, 15) is 9.59 Å². The SMILES string of the molecule is Cc1cccc(NC(=O)N(CC(=O)O)CC(C)C)c1C. The maximum Gasteiger partial charge on any atom is 0.323 e. The highest BCUT2D eigenvalue weighted by atomic mass is 16.4. The topological polar surface area (TPSA) is 69.6 Å². The number of anilines is 1. The van der Waals surface area contributed by atoms with Crippen molar-refractivity contribution in [3.05, 3.63) is 29.3 Å². The van der Waals surface area contributed by atoms with Crippen LogP contribution in [0.4, 0.5) is 10.5 Å². The number of amides is 2. The number of carbonyl (C=O) groups excluding carboxylic acids is 1. The Morgan fingerprint density at radius 1 is 1.30 bits per heavy atom. The first-order valence-electron chi connectivity index (χ1n) is 6.65. The van der Waals surface area contributed by atoms with E-state index in [-0.39, 0.29) is 18.5 Å². The Kier molecular flexibility index (Phi) is 5.55. The summed E-state index contributed by atoms with van der Waals surface area (Å²) in [6.45, 7) is 7.89. The second kappa shape index (κ2) is 6.93. The van der Waals surface area contributed by atoms with Gasteiger partial charge in [0.05, 0.1) is 0 Å². The van der Waals surface area contributed by atoms with Gasteiger partial charge in [-0.1, -0.05) is 26.0 Å². The summed E-state index contributed by atoms with van der Waals surface area (Å²) in [5, 5.41) is 11.7. The molecule has 0 bridgehead atoms. The van der Waals surface area contributed by atoms with Gasteiger partial charge in [-0.15, -0.1) is 0 Å². The third-order valence-electron chi connectivity index (χ3n) is 3.05. The molecule has 0 unspecified atom stereocenters. The smallest absolute Gasteiger partial charge is 0.323 e. The lowest BCUT2D eigenvalue weighted by molar-refractivity contribution is -0.137. The van der Waals surface area contributed by atoms with Gasteiger partial charge in [-0.05, 0) is 37.0 Å². The molecule has 0 saturated heterocycles. The van der Waals surface area contributed by atoms with Crippen LogP contribution < -0.4 is 5.32 Å². The summed E-state index contributed by atoms with van der Waals surface area (Å²) in [5.41, 5.74) is 2.78. The number of rotatable bonds is 5. The van der Waals surface area contributed by atoms with Gasteiger partial charge in [0.1, 0.15) is 6.54 Å². The lowest BCUT2D eigenvalue weighted by Gasteiger charge is -2.23. The van der Waals surface area contributed by atoms with E-state index in [4.69, 9.17) is 5.11 Å². The van der Waals surface area contributed by atoms with Gasteiger partial charge in [0.25, 0.3) is 0 Å². The minimum Gasteiger partial charge on any atom is -0.480 e. The van der Waals surface area contributed by atoms with Gasteiger partial charge in [0.2, 0.25) is 0 Å². The van der Waals surface area contributed by atoms with Gasteiger partial charge in [-0.2, -0.15) is 0 Å². The van der Waals surface area contributed by atoms with Crippen molar-refractivity contribution in [3.8, 4) is 0 Å². The van der Waals surface area contributed by atoms with Crippen LogP contribution in [0.1, 0.15) is 25.0 Å². The van der Waals surface area contributed by atoms with Crippen LogP contribution in [0.2, 0.25) is 0 Å². The highest BCUT2D eigenvalue weighted by molar-refractivity contribution is 5.92. The monoisotopic (exact) mass is 278 g/mol. The first-order valence-corrected chi connectivity index (χ1v) is 6.65. The van der Waals surface area contributed by atoms with Crippen LogP contribution in [0, 0.1) is 19.8 Å². The highest BCUT2D eigenvalue weighted by Gasteiger charge is 2.18. The van der Waals surface area contributed by atoms with Crippen LogP contribution in [-0.2, 0) is 4.79 Å². The number of aryl methyl sites for hydroxylation is 1. The highest BCUT2D eigenvalue weighted by Crippen LogP contribution is 2.18. The van der Waals surface area contributed by atoms with Crippen molar-refractivity contribution in [1.29, 1.82) is 0 Å². The van der Waals surface area contributed by atoms with E-state index in [1.807, 2.05) is 45.9 Å². The quantitative estimate of drug-likeness (QED) is 0.870. The van der Waals surface area contributed by atoms with Crippen molar-refractivity contribution in [2.75, 3.05) is 18.4 Å². The van der Waals surface area contributed by atoms with Gasteiger partial charge >= 0.3 is 12.0 Å². The number of nitrogens with one attached hydrogen (secondary N) is 1. The van der Waals surface area contributed by atoms with Gasteiger partial charge in [0, 0.05) is 12.2 Å². The van der Waals surface area contributed by atoms with Crippen molar-refractivity contribution in [2.45, 2.75) is 27.7 Å². The number of benzene rings is 1. The number of aliphatic carboxylic acids is 1. The average Bonchev–Trinajstić information content (AvgIpc) is 2.33. The molecule has 0 aliphatic carbocycles. The zero-order valence-corrected chi connectivity index (χ0v) is 12.4. The van der Waals surface area contributed by atoms with E-state index >= 15 is 0 Å². The molecular formula is C15H22N2O3. The normalized spacial score (nSPS) is 10.4. The van der Waals surface area contributed by atoms with Crippen molar-refractivity contribution in [2.24, 2.45) is 5.92 Å². The third-order valence-corrected chi connectivity index (χ3v) is 3.05. The summed E-state index contributed by atoms with van der Waals surface area (Å²) in [4.78, 5) is 24.4. The van der Waals surface area contributed by atoms with E-state index in [1.165, 1.54) is 4.90 Å². The van der Waals surface area contributed by atoms with Crippen LogP contribution in [0.25, 0.3) is 0 Å². The molecule has 20 heavy (non-hydrogen) atoms. The fourth-order valence-electron chi connectivity index (χ4n) is 1.90. The molecule has 0 aromatic heterocycles. The van der Waals surface area contributed by atoms with E-state index in [0.29, 0.717) is 12.2 Å². The molecule has 0 atom stereocenters. The lowest BCUT2D eigenvalue weighted by atomic mass is 10.1. The predicted octanol–water partition coefficient (Wildman–Crippen LogP) is 2.88. The first-order chi connectivity index (χ1) is 9.31. The van der Waals surface area contributed by atoms with Crippen molar-refractivity contribution < 1.29 is 14.7 Å². The molecule has 5 heteroatoms. The lowest BCUT2D eigenvalue weighted by Crippen LogP contribution is -2.41. The van der Waals surface area contributed by atoms with Crippen molar-refractivity contribution in [1.82, 2.24) is 4.90 Å². The van der Waals surface area contributed by atoms with Gasteiger partial charge < -0.3 is 15.3 Å². The van der Waals surface area contributed by atoms with Crippen LogP contribution in [-0.4, -0.2) is 35.1 Å². The van der Waals surface area contributed by atoms with Crippen LogP contribution in [0.15, 0.2) is 18.2 Å². The third kappa shape index (κ3) is 4.57. The standard InChI is InChI=1S/C15H22N2O3/c1-10(2)8-17(9-14(18)19)15(20)16-13-7-5-6-11(3)12(13)4/h5-7,10H,8-9H2,1-4H3,(H,16,20)(H,18,19).